The Kier molecular flexibility index (Phi) is 11.4. The number of halogens is 1. The Hall–Kier alpha value is -4.38. The van der Waals surface area contributed by atoms with Crippen molar-refractivity contribution < 1.29 is 31.9 Å². The largest absolute Gasteiger partial charge is 0.497 e. The summed E-state index contributed by atoms with van der Waals surface area (Å²) in [6, 6.07) is 17.0. The van der Waals surface area contributed by atoms with Crippen molar-refractivity contribution in [1.82, 2.24) is 10.2 Å². The van der Waals surface area contributed by atoms with Crippen LogP contribution < -0.4 is 19.5 Å². The Morgan fingerprint density at radius 1 is 0.955 bits per heavy atom. The van der Waals surface area contributed by atoms with Crippen molar-refractivity contribution in [2.75, 3.05) is 25.0 Å². The molecule has 44 heavy (non-hydrogen) atoms. The average molecular weight is 624 g/mol. The normalized spacial score (nSPS) is 13.8. The highest BCUT2D eigenvalue weighted by molar-refractivity contribution is 7.92. The van der Waals surface area contributed by atoms with Crippen LogP contribution in [0.3, 0.4) is 0 Å². The molecule has 234 valence electrons. The van der Waals surface area contributed by atoms with Gasteiger partial charge in [0.1, 0.15) is 23.4 Å². The number of benzene rings is 3. The zero-order valence-electron chi connectivity index (χ0n) is 24.9. The van der Waals surface area contributed by atoms with E-state index in [-0.39, 0.29) is 35.4 Å². The van der Waals surface area contributed by atoms with Crippen molar-refractivity contribution >= 4 is 27.5 Å². The minimum atomic E-state index is -3.92. The van der Waals surface area contributed by atoms with Gasteiger partial charge in [0.2, 0.25) is 5.91 Å². The number of hydrogen-bond acceptors (Lipinski definition) is 6. The van der Waals surface area contributed by atoms with Crippen LogP contribution in [0.5, 0.6) is 11.5 Å². The second kappa shape index (κ2) is 15.4. The third-order valence-electron chi connectivity index (χ3n) is 7.40. The number of sulfonamides is 1. The lowest BCUT2D eigenvalue weighted by molar-refractivity contribution is -0.142. The first-order chi connectivity index (χ1) is 21.1. The molecule has 0 bridgehead atoms. The summed E-state index contributed by atoms with van der Waals surface area (Å²) in [5.41, 5.74) is 2.39. The fourth-order valence-electron chi connectivity index (χ4n) is 4.81. The Morgan fingerprint density at radius 2 is 1.64 bits per heavy atom. The Bertz CT molecular complexity index is 1540. The van der Waals surface area contributed by atoms with E-state index in [2.05, 4.69) is 16.1 Å². The van der Waals surface area contributed by atoms with E-state index in [1.807, 2.05) is 12.1 Å². The number of allylic oxidation sites excluding steroid dienone is 1. The lowest BCUT2D eigenvalue weighted by Gasteiger charge is -2.29. The molecule has 3 aromatic rings. The minimum Gasteiger partial charge on any atom is -0.497 e. The van der Waals surface area contributed by atoms with Crippen molar-refractivity contribution in [1.29, 1.82) is 0 Å². The topological polar surface area (TPSA) is 114 Å². The number of rotatable bonds is 14. The summed E-state index contributed by atoms with van der Waals surface area (Å²) in [5.74, 6) is -0.189. The summed E-state index contributed by atoms with van der Waals surface area (Å²) < 4.78 is 51.9. The van der Waals surface area contributed by atoms with Gasteiger partial charge in [0.05, 0.1) is 12.0 Å². The van der Waals surface area contributed by atoms with Gasteiger partial charge >= 0.3 is 0 Å². The molecule has 4 rings (SSSR count). The summed E-state index contributed by atoms with van der Waals surface area (Å²) in [6.07, 6.45) is 7.55. The number of amides is 2. The fourth-order valence-corrected chi connectivity index (χ4v) is 5.87. The predicted molar refractivity (Wildman–Crippen MR) is 166 cm³/mol. The quantitative estimate of drug-likeness (QED) is 0.231. The molecule has 0 heterocycles. The molecule has 1 atom stereocenters. The lowest BCUT2D eigenvalue weighted by Crippen LogP contribution is -2.49. The average Bonchev–Trinajstić information content (AvgIpc) is 3.04. The molecular formula is C33H38FN3O6S. The van der Waals surface area contributed by atoms with E-state index in [1.54, 1.807) is 26.2 Å². The third kappa shape index (κ3) is 9.31. The molecular weight excluding hydrogens is 585 g/mol. The van der Waals surface area contributed by atoms with Crippen LogP contribution in [0.25, 0.3) is 0 Å². The van der Waals surface area contributed by atoms with Crippen molar-refractivity contribution in [3.8, 4) is 11.5 Å². The van der Waals surface area contributed by atoms with Crippen LogP contribution in [0, 0.1) is 5.82 Å². The van der Waals surface area contributed by atoms with Gasteiger partial charge in [0, 0.05) is 18.8 Å². The van der Waals surface area contributed by atoms with Crippen LogP contribution in [-0.4, -0.2) is 51.4 Å². The van der Waals surface area contributed by atoms with Gasteiger partial charge in [-0.1, -0.05) is 23.8 Å². The van der Waals surface area contributed by atoms with Gasteiger partial charge in [-0.05, 0) is 105 Å². The minimum absolute atomic E-state index is 0.0316. The molecule has 1 aliphatic rings. The van der Waals surface area contributed by atoms with E-state index in [0.717, 1.165) is 37.0 Å². The zero-order chi connectivity index (χ0) is 31.5. The highest BCUT2D eigenvalue weighted by Crippen LogP contribution is 2.21. The summed E-state index contributed by atoms with van der Waals surface area (Å²) in [5, 5.41) is 2.97. The van der Waals surface area contributed by atoms with Crippen molar-refractivity contribution in [2.24, 2.45) is 0 Å². The van der Waals surface area contributed by atoms with E-state index in [4.69, 9.17) is 9.47 Å². The van der Waals surface area contributed by atoms with Crippen LogP contribution in [-0.2, 0) is 26.2 Å². The SMILES string of the molecule is COc1ccc(CN(C(=O)COc2ccc(S(=O)(=O)Nc3ccc(F)cc3)cc2)[C@H](C)C(=O)NCCC2=CCCCC2)cc1. The third-order valence-corrected chi connectivity index (χ3v) is 8.80. The van der Waals surface area contributed by atoms with Crippen LogP contribution >= 0.6 is 0 Å². The molecule has 0 unspecified atom stereocenters. The van der Waals surface area contributed by atoms with Crippen LogP contribution in [0.4, 0.5) is 10.1 Å². The van der Waals surface area contributed by atoms with E-state index < -0.39 is 27.8 Å². The number of carbonyl (C=O) groups excluding carboxylic acids is 2. The maximum atomic E-state index is 13.4. The lowest BCUT2D eigenvalue weighted by atomic mass is 9.97. The van der Waals surface area contributed by atoms with Gasteiger partial charge in [-0.25, -0.2) is 12.8 Å². The van der Waals surface area contributed by atoms with Crippen molar-refractivity contribution in [3.63, 3.8) is 0 Å². The smallest absolute Gasteiger partial charge is 0.261 e. The molecule has 0 saturated heterocycles. The standard InChI is InChI=1S/C33H38FN3O6S/c1-24(33(39)35-21-20-25-6-4-3-5-7-25)37(22-26-8-14-29(42-2)15-9-26)32(38)23-43-30-16-18-31(19-17-30)44(40,41)36-28-12-10-27(34)11-13-28/h6,8-19,24,36H,3-5,7,20-23H2,1-2H3,(H,35,39)/t24-/m1/s1. The summed E-state index contributed by atoms with van der Waals surface area (Å²) in [7, 11) is -2.35. The first kappa shape index (κ1) is 32.5. The number of anilines is 1. The van der Waals surface area contributed by atoms with Gasteiger partial charge in [-0.2, -0.15) is 0 Å². The first-order valence-electron chi connectivity index (χ1n) is 14.5. The summed E-state index contributed by atoms with van der Waals surface area (Å²) in [4.78, 5) is 28.0. The molecule has 0 saturated carbocycles. The highest BCUT2D eigenvalue weighted by Gasteiger charge is 2.26. The molecule has 11 heteroatoms. The Balaban J connectivity index is 1.39. The molecule has 0 aromatic heterocycles. The van der Waals surface area contributed by atoms with E-state index in [1.165, 1.54) is 59.7 Å². The van der Waals surface area contributed by atoms with Gasteiger partial charge in [0.25, 0.3) is 15.9 Å². The monoisotopic (exact) mass is 623 g/mol. The maximum Gasteiger partial charge on any atom is 0.261 e. The fraction of sp³-hybridized carbons (Fsp3) is 0.333. The van der Waals surface area contributed by atoms with E-state index >= 15 is 0 Å². The molecule has 3 aromatic carbocycles. The predicted octanol–water partition coefficient (Wildman–Crippen LogP) is 5.44. The number of methoxy groups -OCH3 is 1. The van der Waals surface area contributed by atoms with Crippen LogP contribution in [0.1, 0.15) is 44.6 Å². The molecule has 1 aliphatic carbocycles. The number of nitrogens with zero attached hydrogens (tertiary/aromatic N) is 1. The Morgan fingerprint density at radius 3 is 2.27 bits per heavy atom. The van der Waals surface area contributed by atoms with Gasteiger partial charge in [-0.15, -0.1) is 0 Å². The van der Waals surface area contributed by atoms with E-state index in [0.29, 0.717) is 12.3 Å². The second-order valence-electron chi connectivity index (χ2n) is 10.6. The van der Waals surface area contributed by atoms with Gasteiger partial charge in [-0.3, -0.25) is 14.3 Å². The maximum absolute atomic E-state index is 13.4. The molecule has 0 radical (unpaired) electrons. The first-order valence-corrected chi connectivity index (χ1v) is 16.0. The molecule has 0 aliphatic heterocycles. The van der Waals surface area contributed by atoms with Crippen LogP contribution in [0.2, 0.25) is 0 Å². The molecule has 9 nitrogen and oxygen atoms in total. The highest BCUT2D eigenvalue weighted by atomic mass is 32.2. The summed E-state index contributed by atoms with van der Waals surface area (Å²) >= 11 is 0. The zero-order valence-corrected chi connectivity index (χ0v) is 25.7. The molecule has 2 amide bonds. The van der Waals surface area contributed by atoms with Crippen molar-refractivity contribution in [2.45, 2.75) is 56.5 Å². The number of ether oxygens (including phenoxy) is 2. The van der Waals surface area contributed by atoms with E-state index in [9.17, 15) is 22.4 Å². The molecule has 0 fully saturated rings. The van der Waals surface area contributed by atoms with Crippen LogP contribution in [0.15, 0.2) is 89.3 Å². The molecule has 0 spiro atoms. The Labute approximate surface area is 258 Å². The second-order valence-corrected chi connectivity index (χ2v) is 12.2. The molecule has 2 N–H and O–H groups in total. The van der Waals surface area contributed by atoms with Crippen molar-refractivity contribution in [3.05, 3.63) is 95.8 Å². The number of nitrogens with one attached hydrogen (secondary N) is 2. The van der Waals surface area contributed by atoms with Gasteiger partial charge in [0.15, 0.2) is 6.61 Å². The van der Waals surface area contributed by atoms with Gasteiger partial charge < -0.3 is 19.7 Å². The number of carbonyl (C=O) groups is 2. The number of hydrogen-bond donors (Lipinski definition) is 2. The summed E-state index contributed by atoms with van der Waals surface area (Å²) in [6.45, 7) is 2.00.